The average Bonchev–Trinajstić information content (AvgIpc) is 2.67. The van der Waals surface area contributed by atoms with E-state index in [1.165, 1.54) is 0 Å². The fourth-order valence-corrected chi connectivity index (χ4v) is 1.70. The number of fused-ring (bicyclic) bond motifs is 1. The van der Waals surface area contributed by atoms with Crippen molar-refractivity contribution in [3.8, 4) is 0 Å². The molecule has 0 saturated carbocycles. The predicted molar refractivity (Wildman–Crippen MR) is 68.0 cm³/mol. The Kier molecular flexibility index (Phi) is 3.53. The Morgan fingerprint density at radius 3 is 2.94 bits per heavy atom. The second kappa shape index (κ2) is 5.09. The van der Waals surface area contributed by atoms with Gasteiger partial charge >= 0.3 is 0 Å². The van der Waals surface area contributed by atoms with Gasteiger partial charge in [-0.3, -0.25) is 4.68 Å². The number of nitrogens with zero attached hydrogens (tertiary/aromatic N) is 5. The minimum atomic E-state index is 0.857. The molecule has 0 radical (unpaired) electrons. The number of aromatic nitrogens is 4. The van der Waals surface area contributed by atoms with Gasteiger partial charge in [-0.25, -0.2) is 9.97 Å². The molecule has 0 amide bonds. The molecule has 0 atom stereocenters. The lowest BCUT2D eigenvalue weighted by Gasteiger charge is -2.10. The van der Waals surface area contributed by atoms with Gasteiger partial charge in [-0.2, -0.15) is 5.10 Å². The second-order valence-corrected chi connectivity index (χ2v) is 4.31. The minimum absolute atomic E-state index is 0.857. The maximum atomic E-state index is 4.25. The van der Waals surface area contributed by atoms with E-state index in [1.54, 1.807) is 17.2 Å². The van der Waals surface area contributed by atoms with Gasteiger partial charge in [0.15, 0.2) is 5.65 Å². The van der Waals surface area contributed by atoms with Crippen LogP contribution in [-0.4, -0.2) is 51.8 Å². The van der Waals surface area contributed by atoms with Crippen LogP contribution in [0.5, 0.6) is 0 Å². The van der Waals surface area contributed by atoms with Gasteiger partial charge in [-0.15, -0.1) is 0 Å². The van der Waals surface area contributed by atoms with Gasteiger partial charge in [0.25, 0.3) is 0 Å². The lowest BCUT2D eigenvalue weighted by molar-refractivity contribution is 0.405. The first kappa shape index (κ1) is 11.8. The normalized spacial score (nSPS) is 11.3. The lowest BCUT2D eigenvalue weighted by atomic mass is 10.3. The van der Waals surface area contributed by atoms with Crippen molar-refractivity contribution in [2.75, 3.05) is 32.5 Å². The van der Waals surface area contributed by atoms with Crippen LogP contribution in [0.3, 0.4) is 0 Å². The molecule has 6 nitrogen and oxygen atoms in total. The van der Waals surface area contributed by atoms with Crippen LogP contribution in [0.15, 0.2) is 12.5 Å². The summed E-state index contributed by atoms with van der Waals surface area (Å²) in [6.07, 6.45) is 4.45. The molecular weight excluding hydrogens is 216 g/mol. The van der Waals surface area contributed by atoms with E-state index in [4.69, 9.17) is 0 Å². The number of hydrogen-bond acceptors (Lipinski definition) is 5. The summed E-state index contributed by atoms with van der Waals surface area (Å²) in [4.78, 5) is 10.6. The first-order chi connectivity index (χ1) is 8.18. The van der Waals surface area contributed by atoms with Crippen molar-refractivity contribution in [1.82, 2.24) is 24.6 Å². The fraction of sp³-hybridized carbons (Fsp3) is 0.545. The highest BCUT2D eigenvalue weighted by Crippen LogP contribution is 2.17. The van der Waals surface area contributed by atoms with Crippen molar-refractivity contribution >= 4 is 16.9 Å². The van der Waals surface area contributed by atoms with Gasteiger partial charge < -0.3 is 10.2 Å². The van der Waals surface area contributed by atoms with E-state index in [2.05, 4.69) is 39.4 Å². The summed E-state index contributed by atoms with van der Waals surface area (Å²) in [7, 11) is 6.03. The highest BCUT2D eigenvalue weighted by molar-refractivity contribution is 5.85. The lowest BCUT2D eigenvalue weighted by Crippen LogP contribution is -2.16. The summed E-state index contributed by atoms with van der Waals surface area (Å²) in [6.45, 7) is 1.97. The van der Waals surface area contributed by atoms with E-state index in [9.17, 15) is 0 Å². The van der Waals surface area contributed by atoms with Gasteiger partial charge in [-0.05, 0) is 27.1 Å². The van der Waals surface area contributed by atoms with Crippen molar-refractivity contribution in [1.29, 1.82) is 0 Å². The molecule has 0 spiro atoms. The van der Waals surface area contributed by atoms with Crippen LogP contribution in [0.4, 0.5) is 5.82 Å². The summed E-state index contributed by atoms with van der Waals surface area (Å²) >= 11 is 0. The smallest absolute Gasteiger partial charge is 0.163 e. The molecule has 0 aliphatic rings. The quantitative estimate of drug-likeness (QED) is 0.773. The third kappa shape index (κ3) is 2.71. The van der Waals surface area contributed by atoms with Crippen LogP contribution < -0.4 is 5.32 Å². The highest BCUT2D eigenvalue weighted by atomic mass is 15.3. The SMILES string of the molecule is CN(C)CCCNc1ncnc2c1cnn2C. The summed E-state index contributed by atoms with van der Waals surface area (Å²) in [5, 5.41) is 8.48. The molecule has 0 aromatic carbocycles. The van der Waals surface area contributed by atoms with Crippen LogP contribution in [0.1, 0.15) is 6.42 Å². The molecule has 0 unspecified atom stereocenters. The standard InChI is InChI=1S/C11H18N6/c1-16(2)6-4-5-12-10-9-7-15-17(3)11(9)14-8-13-10/h7-8H,4-6H2,1-3H3,(H,12,13,14). The number of nitrogens with one attached hydrogen (secondary N) is 1. The van der Waals surface area contributed by atoms with Crippen molar-refractivity contribution < 1.29 is 0 Å². The first-order valence-electron chi connectivity index (χ1n) is 5.70. The summed E-state index contributed by atoms with van der Waals surface area (Å²) in [5.74, 6) is 0.863. The maximum Gasteiger partial charge on any atom is 0.163 e. The van der Waals surface area contributed by atoms with Crippen molar-refractivity contribution in [2.24, 2.45) is 7.05 Å². The number of aryl methyl sites for hydroxylation is 1. The van der Waals surface area contributed by atoms with E-state index < -0.39 is 0 Å². The van der Waals surface area contributed by atoms with Crippen LogP contribution in [-0.2, 0) is 7.05 Å². The molecular formula is C11H18N6. The molecule has 0 aliphatic carbocycles. The number of rotatable bonds is 5. The Bertz CT molecular complexity index is 490. The third-order valence-corrected chi connectivity index (χ3v) is 2.60. The molecule has 2 rings (SSSR count). The van der Waals surface area contributed by atoms with Crippen LogP contribution in [0.2, 0.25) is 0 Å². The summed E-state index contributed by atoms with van der Waals surface area (Å²) in [5.41, 5.74) is 0.857. The second-order valence-electron chi connectivity index (χ2n) is 4.31. The molecule has 6 heteroatoms. The Labute approximate surface area is 101 Å². The monoisotopic (exact) mass is 234 g/mol. The fourth-order valence-electron chi connectivity index (χ4n) is 1.70. The van der Waals surface area contributed by atoms with Crippen molar-refractivity contribution in [3.05, 3.63) is 12.5 Å². The largest absolute Gasteiger partial charge is 0.369 e. The van der Waals surface area contributed by atoms with Gasteiger partial charge in [0.1, 0.15) is 12.1 Å². The molecule has 2 heterocycles. The van der Waals surface area contributed by atoms with Crippen molar-refractivity contribution in [2.45, 2.75) is 6.42 Å². The van der Waals surface area contributed by atoms with Crippen molar-refractivity contribution in [3.63, 3.8) is 0 Å². The highest BCUT2D eigenvalue weighted by Gasteiger charge is 2.06. The molecule has 17 heavy (non-hydrogen) atoms. The number of anilines is 1. The zero-order valence-corrected chi connectivity index (χ0v) is 10.5. The molecule has 2 aromatic rings. The van der Waals surface area contributed by atoms with Gasteiger partial charge in [-0.1, -0.05) is 0 Å². The number of hydrogen-bond donors (Lipinski definition) is 1. The van der Waals surface area contributed by atoms with Crippen LogP contribution in [0, 0.1) is 0 Å². The minimum Gasteiger partial charge on any atom is -0.369 e. The van der Waals surface area contributed by atoms with E-state index in [-0.39, 0.29) is 0 Å². The van der Waals surface area contributed by atoms with Gasteiger partial charge in [0, 0.05) is 13.6 Å². The molecule has 0 fully saturated rings. The van der Waals surface area contributed by atoms with Crippen LogP contribution >= 0.6 is 0 Å². The summed E-state index contributed by atoms with van der Waals surface area (Å²) in [6, 6.07) is 0. The van der Waals surface area contributed by atoms with Crippen LogP contribution in [0.25, 0.3) is 11.0 Å². The Hall–Kier alpha value is -1.69. The predicted octanol–water partition coefficient (Wildman–Crippen LogP) is 0.727. The van der Waals surface area contributed by atoms with E-state index in [1.807, 2.05) is 7.05 Å². The van der Waals surface area contributed by atoms with E-state index in [0.29, 0.717) is 0 Å². The molecule has 0 bridgehead atoms. The molecule has 0 saturated heterocycles. The maximum absolute atomic E-state index is 4.25. The topological polar surface area (TPSA) is 58.9 Å². The Balaban J connectivity index is 2.03. The molecule has 0 aliphatic heterocycles. The Morgan fingerprint density at radius 1 is 1.35 bits per heavy atom. The molecule has 92 valence electrons. The van der Waals surface area contributed by atoms with E-state index in [0.717, 1.165) is 36.4 Å². The van der Waals surface area contributed by atoms with Gasteiger partial charge in [0.2, 0.25) is 0 Å². The van der Waals surface area contributed by atoms with E-state index >= 15 is 0 Å². The zero-order valence-electron chi connectivity index (χ0n) is 10.5. The molecule has 2 aromatic heterocycles. The average molecular weight is 234 g/mol. The summed E-state index contributed by atoms with van der Waals surface area (Å²) < 4.78 is 1.75. The first-order valence-corrected chi connectivity index (χ1v) is 5.70. The van der Waals surface area contributed by atoms with Gasteiger partial charge in [0.05, 0.1) is 11.6 Å². The Morgan fingerprint density at radius 2 is 2.18 bits per heavy atom. The molecule has 1 N–H and O–H groups in total. The third-order valence-electron chi connectivity index (χ3n) is 2.60. The zero-order chi connectivity index (χ0) is 12.3.